The van der Waals surface area contributed by atoms with E-state index >= 15 is 0 Å². The molecule has 2 N–H and O–H groups in total. The highest BCUT2D eigenvalue weighted by molar-refractivity contribution is 6.02. The number of carbonyl (C=O) groups excluding carboxylic acids is 2. The Hall–Kier alpha value is -2.37. The third-order valence-electron chi connectivity index (χ3n) is 5.93. The van der Waals surface area contributed by atoms with Crippen molar-refractivity contribution in [3.63, 3.8) is 0 Å². The van der Waals surface area contributed by atoms with Gasteiger partial charge in [0, 0.05) is 18.2 Å². The maximum atomic E-state index is 13.4. The van der Waals surface area contributed by atoms with Gasteiger partial charge in [-0.1, -0.05) is 31.0 Å². The first kappa shape index (κ1) is 16.1. The normalized spacial score (nSPS) is 31.0. The second-order valence-electron chi connectivity index (χ2n) is 7.34. The first-order valence-electron chi connectivity index (χ1n) is 9.00. The van der Waals surface area contributed by atoms with Crippen molar-refractivity contribution >= 4 is 23.5 Å². The van der Waals surface area contributed by atoms with Gasteiger partial charge in [-0.3, -0.25) is 9.59 Å². The topological polar surface area (TPSA) is 86.7 Å². The number of hydrogen-bond donors (Lipinski definition) is 2. The molecule has 132 valence electrons. The monoisotopic (exact) mass is 342 g/mol. The van der Waals surface area contributed by atoms with Crippen molar-refractivity contribution in [3.8, 4) is 0 Å². The number of anilines is 1. The van der Waals surface area contributed by atoms with E-state index in [-0.39, 0.29) is 30.2 Å². The van der Waals surface area contributed by atoms with Crippen molar-refractivity contribution in [3.05, 3.63) is 29.8 Å². The fourth-order valence-electron chi connectivity index (χ4n) is 4.81. The maximum absolute atomic E-state index is 13.4. The number of carboxylic acid groups (broad SMARTS) is 1. The van der Waals surface area contributed by atoms with Gasteiger partial charge < -0.3 is 15.3 Å². The van der Waals surface area contributed by atoms with E-state index in [2.05, 4.69) is 5.32 Å². The zero-order valence-electron chi connectivity index (χ0n) is 14.0. The number of hydrogen-bond acceptors (Lipinski definition) is 3. The third-order valence-corrected chi connectivity index (χ3v) is 5.93. The van der Waals surface area contributed by atoms with Gasteiger partial charge in [0.2, 0.25) is 11.8 Å². The van der Waals surface area contributed by atoms with Gasteiger partial charge in [0.1, 0.15) is 6.04 Å². The summed E-state index contributed by atoms with van der Waals surface area (Å²) in [6.07, 6.45) is 4.59. The molecule has 3 aliphatic rings. The third kappa shape index (κ3) is 2.69. The Labute approximate surface area is 146 Å². The Balaban J connectivity index is 1.69. The number of carbonyl (C=O) groups is 3. The smallest absolute Gasteiger partial charge is 0.326 e. The molecule has 1 aromatic rings. The van der Waals surface area contributed by atoms with Crippen LogP contribution in [-0.2, 0) is 14.4 Å². The van der Waals surface area contributed by atoms with E-state index in [0.29, 0.717) is 12.1 Å². The summed E-state index contributed by atoms with van der Waals surface area (Å²) < 4.78 is 0. The molecule has 6 nitrogen and oxygen atoms in total. The van der Waals surface area contributed by atoms with E-state index < -0.39 is 17.9 Å². The SMILES string of the molecule is O=C1C[C@H](C(=O)N2[C@H](C(=O)O)C[C@H]3CCCC[C@@H]32)c2ccccc2N1. The molecule has 2 heterocycles. The van der Waals surface area contributed by atoms with Crippen molar-refractivity contribution in [2.75, 3.05) is 5.32 Å². The van der Waals surface area contributed by atoms with E-state index in [9.17, 15) is 19.5 Å². The summed E-state index contributed by atoms with van der Waals surface area (Å²) in [7, 11) is 0. The van der Waals surface area contributed by atoms with Crippen LogP contribution >= 0.6 is 0 Å². The average Bonchev–Trinajstić information content (AvgIpc) is 3.00. The van der Waals surface area contributed by atoms with Crippen LogP contribution in [0.1, 0.15) is 50.0 Å². The summed E-state index contributed by atoms with van der Waals surface area (Å²) in [5.41, 5.74) is 1.44. The predicted molar refractivity (Wildman–Crippen MR) is 91.1 cm³/mol. The van der Waals surface area contributed by atoms with Crippen LogP contribution in [0.5, 0.6) is 0 Å². The number of carboxylic acids is 1. The lowest BCUT2D eigenvalue weighted by atomic mass is 9.84. The Morgan fingerprint density at radius 2 is 1.92 bits per heavy atom. The van der Waals surface area contributed by atoms with E-state index in [1.807, 2.05) is 18.2 Å². The first-order valence-corrected chi connectivity index (χ1v) is 9.00. The number of amides is 2. The Kier molecular flexibility index (Phi) is 3.98. The summed E-state index contributed by atoms with van der Waals surface area (Å²) in [5, 5.41) is 12.5. The molecule has 1 aromatic carbocycles. The number of benzene rings is 1. The van der Waals surface area contributed by atoms with Gasteiger partial charge in [-0.25, -0.2) is 4.79 Å². The van der Waals surface area contributed by atoms with Gasteiger partial charge in [-0.15, -0.1) is 0 Å². The van der Waals surface area contributed by atoms with Gasteiger partial charge in [-0.05, 0) is 36.8 Å². The largest absolute Gasteiger partial charge is 0.480 e. The second-order valence-corrected chi connectivity index (χ2v) is 7.34. The molecule has 0 bridgehead atoms. The minimum atomic E-state index is -0.934. The van der Waals surface area contributed by atoms with Crippen molar-refractivity contribution in [1.29, 1.82) is 0 Å². The predicted octanol–water partition coefficient (Wildman–Crippen LogP) is 2.36. The molecular formula is C19H22N2O4. The highest BCUT2D eigenvalue weighted by Crippen LogP contribution is 2.43. The molecule has 2 amide bonds. The number of fused-ring (bicyclic) bond motifs is 2. The molecule has 0 unspecified atom stereocenters. The van der Waals surface area contributed by atoms with Crippen LogP contribution in [0.2, 0.25) is 0 Å². The van der Waals surface area contributed by atoms with Gasteiger partial charge in [0.05, 0.1) is 5.92 Å². The van der Waals surface area contributed by atoms with E-state index in [1.54, 1.807) is 11.0 Å². The number of para-hydroxylation sites is 1. The highest BCUT2D eigenvalue weighted by Gasteiger charge is 2.49. The van der Waals surface area contributed by atoms with Crippen molar-refractivity contribution in [2.24, 2.45) is 5.92 Å². The molecule has 2 fully saturated rings. The van der Waals surface area contributed by atoms with Crippen LogP contribution in [0.4, 0.5) is 5.69 Å². The first-order chi connectivity index (χ1) is 12.1. The zero-order chi connectivity index (χ0) is 17.6. The summed E-state index contributed by atoms with van der Waals surface area (Å²) >= 11 is 0. The molecular weight excluding hydrogens is 320 g/mol. The minimum Gasteiger partial charge on any atom is -0.480 e. The molecule has 6 heteroatoms. The van der Waals surface area contributed by atoms with Crippen LogP contribution < -0.4 is 5.32 Å². The highest BCUT2D eigenvalue weighted by atomic mass is 16.4. The standard InChI is InChI=1S/C19H22N2O4/c22-17-10-13(12-6-2-3-7-14(12)20-17)18(23)21-15-8-4-1-5-11(15)9-16(21)19(24)25/h2-3,6-7,11,13,15-16H,1,4-5,8-10H2,(H,20,22)(H,24,25)/t11-,13+,15+,16+/m1/s1. The molecule has 4 rings (SSSR count). The van der Waals surface area contributed by atoms with E-state index in [4.69, 9.17) is 0 Å². The van der Waals surface area contributed by atoms with E-state index in [0.717, 1.165) is 31.2 Å². The Morgan fingerprint density at radius 3 is 2.72 bits per heavy atom. The lowest BCUT2D eigenvalue weighted by Gasteiger charge is -2.36. The fourth-order valence-corrected chi connectivity index (χ4v) is 4.81. The van der Waals surface area contributed by atoms with Crippen LogP contribution in [0, 0.1) is 5.92 Å². The summed E-state index contributed by atoms with van der Waals surface area (Å²) in [6.45, 7) is 0. The number of likely N-dealkylation sites (tertiary alicyclic amines) is 1. The van der Waals surface area contributed by atoms with Crippen LogP contribution in [0.25, 0.3) is 0 Å². The maximum Gasteiger partial charge on any atom is 0.326 e. The molecule has 2 aliphatic heterocycles. The zero-order valence-corrected chi connectivity index (χ0v) is 14.0. The molecule has 0 radical (unpaired) electrons. The van der Waals surface area contributed by atoms with Crippen LogP contribution in [0.3, 0.4) is 0 Å². The van der Waals surface area contributed by atoms with Gasteiger partial charge in [0.15, 0.2) is 0 Å². The average molecular weight is 342 g/mol. The van der Waals surface area contributed by atoms with Crippen LogP contribution in [-0.4, -0.2) is 39.9 Å². The van der Waals surface area contributed by atoms with E-state index in [1.165, 1.54) is 0 Å². The summed E-state index contributed by atoms with van der Waals surface area (Å²) in [4.78, 5) is 38.8. The van der Waals surface area contributed by atoms with Crippen molar-refractivity contribution in [1.82, 2.24) is 4.90 Å². The van der Waals surface area contributed by atoms with Crippen molar-refractivity contribution in [2.45, 2.75) is 56.5 Å². The van der Waals surface area contributed by atoms with Crippen molar-refractivity contribution < 1.29 is 19.5 Å². The lowest BCUT2D eigenvalue weighted by Crippen LogP contribution is -2.49. The van der Waals surface area contributed by atoms with Gasteiger partial charge in [-0.2, -0.15) is 0 Å². The molecule has 1 saturated heterocycles. The Bertz CT molecular complexity index is 732. The lowest BCUT2D eigenvalue weighted by molar-refractivity contribution is -0.150. The fraction of sp³-hybridized carbons (Fsp3) is 0.526. The summed E-state index contributed by atoms with van der Waals surface area (Å²) in [6, 6.07) is 6.53. The number of rotatable bonds is 2. The molecule has 0 spiro atoms. The van der Waals surface area contributed by atoms with Crippen LogP contribution in [0.15, 0.2) is 24.3 Å². The Morgan fingerprint density at radius 1 is 1.16 bits per heavy atom. The quantitative estimate of drug-likeness (QED) is 0.864. The molecule has 1 aliphatic carbocycles. The minimum absolute atomic E-state index is 0.000463. The number of nitrogens with one attached hydrogen (secondary N) is 1. The number of aliphatic carboxylic acids is 1. The number of nitrogens with zero attached hydrogens (tertiary/aromatic N) is 1. The molecule has 25 heavy (non-hydrogen) atoms. The second kappa shape index (κ2) is 6.17. The van der Waals surface area contributed by atoms with Gasteiger partial charge >= 0.3 is 5.97 Å². The van der Waals surface area contributed by atoms with Gasteiger partial charge in [0.25, 0.3) is 0 Å². The molecule has 4 atom stereocenters. The molecule has 1 saturated carbocycles. The summed E-state index contributed by atoms with van der Waals surface area (Å²) in [5.74, 6) is -1.65. The molecule has 0 aromatic heterocycles.